The van der Waals surface area contributed by atoms with Gasteiger partial charge in [0.05, 0.1) is 0 Å². The van der Waals surface area contributed by atoms with Crippen LogP contribution in [-0.2, 0) is 25.7 Å². The number of rotatable bonds is 6. The van der Waals surface area contributed by atoms with Gasteiger partial charge in [0, 0.05) is 0 Å². The Morgan fingerprint density at radius 1 is 0.826 bits per heavy atom. The van der Waals surface area contributed by atoms with Crippen LogP contribution >= 0.6 is 0 Å². The summed E-state index contributed by atoms with van der Waals surface area (Å²) in [5.74, 6) is 0.691. The number of benzene rings is 2. The van der Waals surface area contributed by atoms with Crippen molar-refractivity contribution in [2.75, 3.05) is 0 Å². The molecule has 0 aromatic heterocycles. The van der Waals surface area contributed by atoms with Crippen molar-refractivity contribution in [2.24, 2.45) is 5.92 Å². The van der Waals surface area contributed by atoms with E-state index in [1.807, 2.05) is 0 Å². The SMILES string of the molecule is [CH3][Pt]([CH2]c1ccccc1)([CH2]c1ccccc1)[CH]([SiH3])C1C=CC=C1. The van der Waals surface area contributed by atoms with E-state index in [1.54, 1.807) is 0 Å². The summed E-state index contributed by atoms with van der Waals surface area (Å²) >= 11 is -1.96. The van der Waals surface area contributed by atoms with Gasteiger partial charge in [-0.3, -0.25) is 0 Å². The molecule has 0 N–H and O–H groups in total. The zero-order valence-corrected chi connectivity index (χ0v) is 18.2. The molecule has 0 saturated carbocycles. The molecule has 2 aromatic carbocycles. The summed E-state index contributed by atoms with van der Waals surface area (Å²) in [4.78, 5) is 2.66. The number of hydrogen-bond donors (Lipinski definition) is 0. The Hall–Kier alpha value is -1.17. The van der Waals surface area contributed by atoms with E-state index in [4.69, 9.17) is 0 Å². The Morgan fingerprint density at radius 3 is 1.70 bits per heavy atom. The summed E-state index contributed by atoms with van der Waals surface area (Å²) < 4.78 is 0.915. The van der Waals surface area contributed by atoms with Crippen molar-refractivity contribution in [2.45, 2.75) is 18.9 Å². The summed E-state index contributed by atoms with van der Waals surface area (Å²) in [6.07, 6.45) is 9.33. The molecule has 0 amide bonds. The molecule has 0 bridgehead atoms. The van der Waals surface area contributed by atoms with E-state index < -0.39 is 16.1 Å². The third-order valence-corrected chi connectivity index (χ3v) is 23.8. The van der Waals surface area contributed by atoms with E-state index in [2.05, 4.69) is 90.3 Å². The number of allylic oxidation sites excluding steroid dienone is 4. The standard InChI is InChI=1S/2C7H7.C6H9Si.CH3.Pt/c2*1-7-5-3-2-4-6-7;7-5-6-3-1-2-4-6;;/h2*2-6H,1H2;1-6H,7H3;1H3;. The first-order valence-electron chi connectivity index (χ1n) is 8.05. The molecule has 0 heterocycles. The Morgan fingerprint density at radius 2 is 1.26 bits per heavy atom. The Labute approximate surface area is 147 Å². The van der Waals surface area contributed by atoms with Crippen LogP contribution in [0.3, 0.4) is 0 Å². The second-order valence-corrected chi connectivity index (χ2v) is 21.1. The maximum absolute atomic E-state index is 2.67. The van der Waals surface area contributed by atoms with Gasteiger partial charge in [-0.1, -0.05) is 0 Å². The first-order valence-corrected chi connectivity index (χ1v) is 16.0. The van der Waals surface area contributed by atoms with Crippen LogP contribution in [0.2, 0.25) is 9.24 Å². The first-order chi connectivity index (χ1) is 11.2. The van der Waals surface area contributed by atoms with Gasteiger partial charge in [0.2, 0.25) is 0 Å². The molecule has 2 heteroatoms. The van der Waals surface area contributed by atoms with Crippen LogP contribution in [0.4, 0.5) is 0 Å². The van der Waals surface area contributed by atoms with Gasteiger partial charge < -0.3 is 0 Å². The summed E-state index contributed by atoms with van der Waals surface area (Å²) in [5, 5.41) is 2.67. The van der Waals surface area contributed by atoms with E-state index in [1.165, 1.54) is 31.0 Å². The molecule has 1 unspecified atom stereocenters. The van der Waals surface area contributed by atoms with Crippen LogP contribution in [0, 0.1) is 5.92 Å². The summed E-state index contributed by atoms with van der Waals surface area (Å²) in [7, 11) is 1.29. The third kappa shape index (κ3) is 4.22. The van der Waals surface area contributed by atoms with Gasteiger partial charge in [0.1, 0.15) is 0 Å². The van der Waals surface area contributed by atoms with Gasteiger partial charge in [-0.05, 0) is 0 Å². The van der Waals surface area contributed by atoms with E-state index in [9.17, 15) is 0 Å². The minimum absolute atomic E-state index is 0.691. The average Bonchev–Trinajstić information content (AvgIpc) is 3.10. The van der Waals surface area contributed by atoms with Gasteiger partial charge in [0.25, 0.3) is 0 Å². The molecule has 23 heavy (non-hydrogen) atoms. The molecule has 0 spiro atoms. The van der Waals surface area contributed by atoms with Crippen molar-refractivity contribution >= 4 is 10.2 Å². The second-order valence-electron chi connectivity index (χ2n) is 6.21. The molecule has 0 fully saturated rings. The molecule has 1 aliphatic rings. The van der Waals surface area contributed by atoms with E-state index >= 15 is 0 Å². The van der Waals surface area contributed by atoms with Gasteiger partial charge in [-0.15, -0.1) is 0 Å². The van der Waals surface area contributed by atoms with E-state index in [-0.39, 0.29) is 0 Å². The van der Waals surface area contributed by atoms with Crippen molar-refractivity contribution < 1.29 is 16.1 Å². The second kappa shape index (κ2) is 7.60. The predicted octanol–water partition coefficient (Wildman–Crippen LogP) is 4.44. The molecule has 0 radical (unpaired) electrons. The molecular formula is C21H26PtSi. The van der Waals surface area contributed by atoms with Gasteiger partial charge in [-0.25, -0.2) is 0 Å². The monoisotopic (exact) mass is 501 g/mol. The topological polar surface area (TPSA) is 0 Å². The van der Waals surface area contributed by atoms with Crippen molar-refractivity contribution in [1.82, 2.24) is 0 Å². The van der Waals surface area contributed by atoms with Crippen molar-refractivity contribution in [3.8, 4) is 0 Å². The molecule has 2 aromatic rings. The van der Waals surface area contributed by atoms with E-state index in [0.717, 1.165) is 3.93 Å². The summed E-state index contributed by atoms with van der Waals surface area (Å²) in [6, 6.07) is 22.3. The predicted molar refractivity (Wildman–Crippen MR) is 102 cm³/mol. The Bertz CT molecular complexity index is 622. The van der Waals surface area contributed by atoms with Crippen molar-refractivity contribution in [3.05, 3.63) is 96.1 Å². The molecule has 1 atom stereocenters. The molecule has 0 aliphatic heterocycles. The molecule has 124 valence electrons. The minimum atomic E-state index is -1.96. The average molecular weight is 502 g/mol. The van der Waals surface area contributed by atoms with Crippen LogP contribution in [0.5, 0.6) is 0 Å². The fourth-order valence-electron chi connectivity index (χ4n) is 2.97. The zero-order chi connectivity index (χ0) is 16.1. The third-order valence-electron chi connectivity index (χ3n) is 4.43. The van der Waals surface area contributed by atoms with Gasteiger partial charge in [0.15, 0.2) is 0 Å². The Balaban J connectivity index is 1.88. The molecule has 1 aliphatic carbocycles. The molecule has 3 rings (SSSR count). The fourth-order valence-corrected chi connectivity index (χ4v) is 15.2. The zero-order valence-electron chi connectivity index (χ0n) is 14.0. The van der Waals surface area contributed by atoms with Crippen LogP contribution in [0.1, 0.15) is 11.1 Å². The summed E-state index contributed by atoms with van der Waals surface area (Å²) in [5.41, 5.74) is 3.07. The van der Waals surface area contributed by atoms with Crippen LogP contribution < -0.4 is 0 Å². The van der Waals surface area contributed by atoms with Gasteiger partial charge >= 0.3 is 147 Å². The molecule has 0 nitrogen and oxygen atoms in total. The number of hydrogen-bond acceptors (Lipinski definition) is 0. The first kappa shape index (κ1) is 16.7. The van der Waals surface area contributed by atoms with Crippen LogP contribution in [-0.4, -0.2) is 10.2 Å². The normalized spacial score (nSPS) is 16.7. The fraction of sp³-hybridized carbons (Fsp3) is 0.238. The summed E-state index contributed by atoms with van der Waals surface area (Å²) in [6.45, 7) is 0. The van der Waals surface area contributed by atoms with Crippen molar-refractivity contribution in [3.63, 3.8) is 0 Å². The maximum atomic E-state index is 2.67. The molecular weight excluding hydrogens is 475 g/mol. The molecule has 0 saturated heterocycles. The van der Waals surface area contributed by atoms with Crippen LogP contribution in [0.25, 0.3) is 0 Å². The van der Waals surface area contributed by atoms with Crippen LogP contribution in [0.15, 0.2) is 85.0 Å². The van der Waals surface area contributed by atoms with Gasteiger partial charge in [-0.2, -0.15) is 0 Å². The quantitative estimate of drug-likeness (QED) is 0.514. The Kier molecular flexibility index (Phi) is 5.51. The van der Waals surface area contributed by atoms with E-state index in [0.29, 0.717) is 5.92 Å². The van der Waals surface area contributed by atoms with Crippen molar-refractivity contribution in [1.29, 1.82) is 0 Å².